The van der Waals surface area contributed by atoms with Gasteiger partial charge >= 0.3 is 0 Å². The molecular weight excluding hydrogens is 284 g/mol. The molecule has 0 aliphatic rings. The Morgan fingerprint density at radius 3 is 2.10 bits per heavy atom. The Morgan fingerprint density at radius 2 is 1.55 bits per heavy atom. The molecule has 106 valence electrons. The summed E-state index contributed by atoms with van der Waals surface area (Å²) in [5.74, 6) is 1.78. The van der Waals surface area contributed by atoms with Gasteiger partial charge < -0.3 is 0 Å². The van der Waals surface area contributed by atoms with Crippen molar-refractivity contribution in [3.05, 3.63) is 66.2 Å². The van der Waals surface area contributed by atoms with Gasteiger partial charge in [0, 0.05) is 16.2 Å². The summed E-state index contributed by atoms with van der Waals surface area (Å²) in [6.07, 6.45) is 2.19. The van der Waals surface area contributed by atoms with Gasteiger partial charge in [-0.1, -0.05) is 55.5 Å². The topological polar surface area (TPSA) is 0 Å². The Hall–Kier alpha value is -0.920. The van der Waals surface area contributed by atoms with Gasteiger partial charge in [0.05, 0.1) is 0 Å². The molecule has 0 N–H and O–H groups in total. The maximum Gasteiger partial charge on any atom is 0.0320 e. The molecule has 0 nitrogen and oxygen atoms in total. The van der Waals surface area contributed by atoms with Crippen LogP contribution in [-0.4, -0.2) is 11.6 Å². The highest BCUT2D eigenvalue weighted by Crippen LogP contribution is 2.35. The van der Waals surface area contributed by atoms with Crippen molar-refractivity contribution in [2.75, 3.05) is 11.6 Å². The SMILES string of the molecule is CCC(CCl)(CCSc1ccccc1)c1ccccc1. The van der Waals surface area contributed by atoms with Crippen molar-refractivity contribution in [2.24, 2.45) is 0 Å². The van der Waals surface area contributed by atoms with E-state index in [9.17, 15) is 0 Å². The molecule has 0 spiro atoms. The van der Waals surface area contributed by atoms with Gasteiger partial charge in [0.15, 0.2) is 0 Å². The van der Waals surface area contributed by atoms with E-state index in [4.69, 9.17) is 11.6 Å². The molecule has 0 bridgehead atoms. The van der Waals surface area contributed by atoms with Crippen LogP contribution in [0.2, 0.25) is 0 Å². The zero-order valence-electron chi connectivity index (χ0n) is 11.9. The lowest BCUT2D eigenvalue weighted by atomic mass is 9.77. The summed E-state index contributed by atoms with van der Waals surface area (Å²) < 4.78 is 0. The molecule has 0 saturated heterocycles. The second-order valence-corrected chi connectivity index (χ2v) is 6.48. The highest BCUT2D eigenvalue weighted by atomic mass is 35.5. The van der Waals surface area contributed by atoms with Crippen LogP contribution in [0, 0.1) is 0 Å². The Balaban J connectivity index is 2.03. The molecule has 0 saturated carbocycles. The van der Waals surface area contributed by atoms with Crippen LogP contribution in [0.1, 0.15) is 25.3 Å². The zero-order chi connectivity index (χ0) is 14.3. The van der Waals surface area contributed by atoms with Crippen LogP contribution in [0.5, 0.6) is 0 Å². The van der Waals surface area contributed by atoms with E-state index in [-0.39, 0.29) is 5.41 Å². The lowest BCUT2D eigenvalue weighted by molar-refractivity contribution is 0.449. The average Bonchev–Trinajstić information content (AvgIpc) is 2.54. The lowest BCUT2D eigenvalue weighted by Gasteiger charge is -2.31. The molecule has 2 aromatic rings. The van der Waals surface area contributed by atoms with E-state index >= 15 is 0 Å². The fraction of sp³-hybridized carbons (Fsp3) is 0.333. The van der Waals surface area contributed by atoms with E-state index in [2.05, 4.69) is 67.6 Å². The van der Waals surface area contributed by atoms with Crippen LogP contribution < -0.4 is 0 Å². The fourth-order valence-electron chi connectivity index (χ4n) is 2.44. The minimum atomic E-state index is 0.102. The molecule has 0 radical (unpaired) electrons. The highest BCUT2D eigenvalue weighted by Gasteiger charge is 2.28. The van der Waals surface area contributed by atoms with Gasteiger partial charge in [-0.05, 0) is 36.3 Å². The third-order valence-corrected chi connectivity index (χ3v) is 5.44. The molecule has 0 heterocycles. The van der Waals surface area contributed by atoms with E-state index in [1.54, 1.807) is 0 Å². The molecule has 0 aliphatic heterocycles. The summed E-state index contributed by atoms with van der Waals surface area (Å²) in [4.78, 5) is 1.33. The minimum Gasteiger partial charge on any atom is -0.126 e. The first-order chi connectivity index (χ1) is 9.80. The third kappa shape index (κ3) is 3.80. The number of rotatable bonds is 7. The molecule has 0 fully saturated rings. The Morgan fingerprint density at radius 1 is 0.950 bits per heavy atom. The average molecular weight is 305 g/mol. The van der Waals surface area contributed by atoms with Crippen molar-refractivity contribution in [1.29, 1.82) is 0 Å². The lowest BCUT2D eigenvalue weighted by Crippen LogP contribution is -2.28. The van der Waals surface area contributed by atoms with Gasteiger partial charge in [0.2, 0.25) is 0 Å². The Labute approximate surface area is 131 Å². The number of halogens is 1. The third-order valence-electron chi connectivity index (χ3n) is 3.91. The molecule has 0 amide bonds. The van der Waals surface area contributed by atoms with E-state index in [0.29, 0.717) is 5.88 Å². The first-order valence-electron chi connectivity index (χ1n) is 7.10. The van der Waals surface area contributed by atoms with E-state index in [1.165, 1.54) is 10.5 Å². The maximum absolute atomic E-state index is 6.33. The summed E-state index contributed by atoms with van der Waals surface area (Å²) in [5.41, 5.74) is 1.47. The maximum atomic E-state index is 6.33. The van der Waals surface area contributed by atoms with Crippen LogP contribution in [0.15, 0.2) is 65.6 Å². The second kappa shape index (κ2) is 7.75. The molecule has 2 heteroatoms. The standard InChI is InChI=1S/C18H21ClS/c1-2-18(15-19,16-9-5-3-6-10-16)13-14-20-17-11-7-4-8-12-17/h3-12H,2,13-15H2,1H3. The number of benzene rings is 2. The van der Waals surface area contributed by atoms with E-state index < -0.39 is 0 Å². The monoisotopic (exact) mass is 304 g/mol. The van der Waals surface area contributed by atoms with Crippen LogP contribution in [-0.2, 0) is 5.41 Å². The second-order valence-electron chi connectivity index (χ2n) is 5.05. The number of hydrogen-bond donors (Lipinski definition) is 0. The summed E-state index contributed by atoms with van der Waals surface area (Å²) in [5, 5.41) is 0. The fourth-order valence-corrected chi connectivity index (χ4v) is 3.99. The van der Waals surface area contributed by atoms with Gasteiger partial charge in [-0.15, -0.1) is 23.4 Å². The van der Waals surface area contributed by atoms with Crippen molar-refractivity contribution < 1.29 is 0 Å². The molecule has 1 atom stereocenters. The minimum absolute atomic E-state index is 0.102. The van der Waals surface area contributed by atoms with Crippen LogP contribution in [0.4, 0.5) is 0 Å². The molecular formula is C18H21ClS. The van der Waals surface area contributed by atoms with Gasteiger partial charge in [-0.3, -0.25) is 0 Å². The number of hydrogen-bond acceptors (Lipinski definition) is 1. The van der Waals surface area contributed by atoms with Crippen molar-refractivity contribution in [3.8, 4) is 0 Å². The van der Waals surface area contributed by atoms with Gasteiger partial charge in [-0.25, -0.2) is 0 Å². The van der Waals surface area contributed by atoms with Gasteiger partial charge in [0.25, 0.3) is 0 Å². The predicted octanol–water partition coefficient (Wildman–Crippen LogP) is 5.76. The predicted molar refractivity (Wildman–Crippen MR) is 90.9 cm³/mol. The van der Waals surface area contributed by atoms with Crippen LogP contribution in [0.3, 0.4) is 0 Å². The molecule has 2 aromatic carbocycles. The van der Waals surface area contributed by atoms with Gasteiger partial charge in [-0.2, -0.15) is 0 Å². The first kappa shape index (κ1) is 15.5. The molecule has 20 heavy (non-hydrogen) atoms. The number of thioether (sulfide) groups is 1. The summed E-state index contributed by atoms with van der Waals surface area (Å²) in [6, 6.07) is 21.3. The van der Waals surface area contributed by atoms with Gasteiger partial charge in [0.1, 0.15) is 0 Å². The smallest absolute Gasteiger partial charge is 0.0320 e. The largest absolute Gasteiger partial charge is 0.126 e. The molecule has 0 aliphatic carbocycles. The van der Waals surface area contributed by atoms with Crippen molar-refractivity contribution in [1.82, 2.24) is 0 Å². The number of alkyl halides is 1. The highest BCUT2D eigenvalue weighted by molar-refractivity contribution is 7.99. The van der Waals surface area contributed by atoms with Crippen molar-refractivity contribution in [2.45, 2.75) is 30.1 Å². The summed E-state index contributed by atoms with van der Waals surface area (Å²) in [6.45, 7) is 2.24. The summed E-state index contributed by atoms with van der Waals surface area (Å²) >= 11 is 8.25. The Kier molecular flexibility index (Phi) is 6.00. The quantitative estimate of drug-likeness (QED) is 0.463. The van der Waals surface area contributed by atoms with Crippen LogP contribution >= 0.6 is 23.4 Å². The molecule has 1 unspecified atom stereocenters. The zero-order valence-corrected chi connectivity index (χ0v) is 13.5. The van der Waals surface area contributed by atoms with Crippen molar-refractivity contribution >= 4 is 23.4 Å². The summed E-state index contributed by atoms with van der Waals surface area (Å²) in [7, 11) is 0. The normalized spacial score (nSPS) is 13.9. The van der Waals surface area contributed by atoms with E-state index in [0.717, 1.165) is 18.6 Å². The molecule has 2 rings (SSSR count). The Bertz CT molecular complexity index is 491. The van der Waals surface area contributed by atoms with Crippen LogP contribution in [0.25, 0.3) is 0 Å². The van der Waals surface area contributed by atoms with E-state index in [1.807, 2.05) is 11.8 Å². The molecule has 0 aromatic heterocycles. The van der Waals surface area contributed by atoms with Crippen molar-refractivity contribution in [3.63, 3.8) is 0 Å². The first-order valence-corrected chi connectivity index (χ1v) is 8.62.